The van der Waals surface area contributed by atoms with Gasteiger partial charge in [0.05, 0.1) is 6.04 Å². The lowest BCUT2D eigenvalue weighted by molar-refractivity contribution is -0.122. The molecule has 3 nitrogen and oxygen atoms in total. The quantitative estimate of drug-likeness (QED) is 0.699. The molecule has 1 heterocycles. The third kappa shape index (κ3) is 4.00. The van der Waals surface area contributed by atoms with Gasteiger partial charge in [-0.2, -0.15) is 11.8 Å². The van der Waals surface area contributed by atoms with E-state index in [0.717, 1.165) is 24.6 Å². The molecule has 1 atom stereocenters. The lowest BCUT2D eigenvalue weighted by Gasteiger charge is -2.22. The first kappa shape index (κ1) is 10.9. The number of nitrogens with one attached hydrogen (secondary N) is 2. The van der Waals surface area contributed by atoms with Crippen LogP contribution in [-0.4, -0.2) is 36.5 Å². The normalized spacial score (nSPS) is 23.2. The zero-order valence-corrected chi connectivity index (χ0v) is 9.12. The van der Waals surface area contributed by atoms with E-state index in [1.807, 2.05) is 11.8 Å². The molecule has 0 saturated carbocycles. The van der Waals surface area contributed by atoms with Crippen molar-refractivity contribution in [1.29, 1.82) is 0 Å². The smallest absolute Gasteiger partial charge is 0.238 e. The summed E-state index contributed by atoms with van der Waals surface area (Å²) in [6.07, 6.45) is 0. The molecule has 1 aliphatic heterocycles. The van der Waals surface area contributed by atoms with E-state index in [0.29, 0.717) is 5.92 Å². The highest BCUT2D eigenvalue weighted by Gasteiger charge is 2.20. The van der Waals surface area contributed by atoms with Crippen LogP contribution < -0.4 is 10.6 Å². The van der Waals surface area contributed by atoms with Crippen LogP contribution in [0.2, 0.25) is 0 Å². The minimum atomic E-state index is 0.0255. The second-order valence-electron chi connectivity index (χ2n) is 3.72. The highest BCUT2D eigenvalue weighted by molar-refractivity contribution is 7.99. The molecule has 13 heavy (non-hydrogen) atoms. The fraction of sp³-hybridized carbons (Fsp3) is 0.889. The summed E-state index contributed by atoms with van der Waals surface area (Å²) in [6, 6.07) is 0.0255. The Labute approximate surface area is 84.0 Å². The molecule has 0 aromatic heterocycles. The molecular formula is C9H18N2OS. The summed E-state index contributed by atoms with van der Waals surface area (Å²) >= 11 is 1.84. The number of carbonyl (C=O) groups excluding carboxylic acids is 1. The molecule has 1 saturated heterocycles. The van der Waals surface area contributed by atoms with Gasteiger partial charge < -0.3 is 10.6 Å². The molecule has 1 aliphatic rings. The van der Waals surface area contributed by atoms with Gasteiger partial charge in [-0.05, 0) is 5.92 Å². The van der Waals surface area contributed by atoms with E-state index in [9.17, 15) is 4.79 Å². The SMILES string of the molecule is CC(C)CNC(=O)C1CSCCN1. The Hall–Kier alpha value is -0.220. The monoisotopic (exact) mass is 202 g/mol. The Morgan fingerprint density at radius 1 is 1.69 bits per heavy atom. The maximum atomic E-state index is 11.5. The Balaban J connectivity index is 2.21. The van der Waals surface area contributed by atoms with Crippen LogP contribution in [0.1, 0.15) is 13.8 Å². The number of rotatable bonds is 3. The highest BCUT2D eigenvalue weighted by atomic mass is 32.2. The maximum absolute atomic E-state index is 11.5. The Kier molecular flexibility index (Phi) is 4.59. The zero-order chi connectivity index (χ0) is 9.68. The Bertz CT molecular complexity index is 167. The van der Waals surface area contributed by atoms with Gasteiger partial charge in [-0.1, -0.05) is 13.8 Å². The van der Waals surface area contributed by atoms with Crippen LogP contribution >= 0.6 is 11.8 Å². The lowest BCUT2D eigenvalue weighted by atomic mass is 10.2. The molecule has 1 amide bonds. The van der Waals surface area contributed by atoms with Gasteiger partial charge in [0, 0.05) is 24.6 Å². The molecule has 4 heteroatoms. The predicted octanol–water partition coefficient (Wildman–Crippen LogP) is 0.464. The van der Waals surface area contributed by atoms with Crippen LogP contribution in [0.4, 0.5) is 0 Å². The van der Waals surface area contributed by atoms with Gasteiger partial charge in [0.25, 0.3) is 0 Å². The molecule has 0 aromatic carbocycles. The van der Waals surface area contributed by atoms with Crippen molar-refractivity contribution in [3.05, 3.63) is 0 Å². The van der Waals surface area contributed by atoms with Crippen molar-refractivity contribution in [2.75, 3.05) is 24.6 Å². The molecule has 0 radical (unpaired) electrons. The van der Waals surface area contributed by atoms with Crippen LogP contribution in [-0.2, 0) is 4.79 Å². The average Bonchev–Trinajstić information content (AvgIpc) is 2.15. The first-order chi connectivity index (χ1) is 6.20. The van der Waals surface area contributed by atoms with Gasteiger partial charge in [0.15, 0.2) is 0 Å². The third-order valence-corrected chi connectivity index (χ3v) is 2.98. The topological polar surface area (TPSA) is 41.1 Å². The molecule has 0 bridgehead atoms. The number of thioether (sulfide) groups is 1. The van der Waals surface area contributed by atoms with Gasteiger partial charge in [0.1, 0.15) is 0 Å². The van der Waals surface area contributed by atoms with Gasteiger partial charge in [-0.15, -0.1) is 0 Å². The molecule has 0 aliphatic carbocycles. The van der Waals surface area contributed by atoms with Crippen LogP contribution in [0.15, 0.2) is 0 Å². The average molecular weight is 202 g/mol. The first-order valence-electron chi connectivity index (χ1n) is 4.79. The van der Waals surface area contributed by atoms with E-state index in [1.54, 1.807) is 0 Å². The summed E-state index contributed by atoms with van der Waals surface area (Å²) in [5.41, 5.74) is 0. The van der Waals surface area contributed by atoms with E-state index in [-0.39, 0.29) is 11.9 Å². The third-order valence-electron chi connectivity index (χ3n) is 1.92. The number of hydrogen-bond acceptors (Lipinski definition) is 3. The van der Waals surface area contributed by atoms with Crippen molar-refractivity contribution in [2.24, 2.45) is 5.92 Å². The second-order valence-corrected chi connectivity index (χ2v) is 4.87. The van der Waals surface area contributed by atoms with Crippen molar-refractivity contribution < 1.29 is 4.79 Å². The minimum Gasteiger partial charge on any atom is -0.354 e. The lowest BCUT2D eigenvalue weighted by Crippen LogP contribution is -2.49. The predicted molar refractivity (Wildman–Crippen MR) is 57.0 cm³/mol. The summed E-state index contributed by atoms with van der Waals surface area (Å²) in [5, 5.41) is 6.15. The molecule has 1 unspecified atom stereocenters. The van der Waals surface area contributed by atoms with Crippen molar-refractivity contribution in [3.63, 3.8) is 0 Å². The molecule has 2 N–H and O–H groups in total. The van der Waals surface area contributed by atoms with Crippen molar-refractivity contribution in [2.45, 2.75) is 19.9 Å². The molecule has 0 aromatic rings. The zero-order valence-electron chi connectivity index (χ0n) is 8.30. The van der Waals surface area contributed by atoms with Gasteiger partial charge in [-0.3, -0.25) is 4.79 Å². The second kappa shape index (κ2) is 5.50. The van der Waals surface area contributed by atoms with Crippen LogP contribution in [0.3, 0.4) is 0 Å². The van der Waals surface area contributed by atoms with Gasteiger partial charge in [-0.25, -0.2) is 0 Å². The van der Waals surface area contributed by atoms with E-state index in [4.69, 9.17) is 0 Å². The molecular weight excluding hydrogens is 184 g/mol. The van der Waals surface area contributed by atoms with E-state index >= 15 is 0 Å². The summed E-state index contributed by atoms with van der Waals surface area (Å²) in [5.74, 6) is 2.71. The number of hydrogen-bond donors (Lipinski definition) is 2. The summed E-state index contributed by atoms with van der Waals surface area (Å²) < 4.78 is 0. The standard InChI is InChI=1S/C9H18N2OS/c1-7(2)5-11-9(12)8-6-13-4-3-10-8/h7-8,10H,3-6H2,1-2H3,(H,11,12). The molecule has 0 spiro atoms. The highest BCUT2D eigenvalue weighted by Crippen LogP contribution is 2.07. The minimum absolute atomic E-state index is 0.0255. The fourth-order valence-corrected chi connectivity index (χ4v) is 2.10. The summed E-state index contributed by atoms with van der Waals surface area (Å²) in [6.45, 7) is 5.93. The molecule has 1 rings (SSSR count). The largest absolute Gasteiger partial charge is 0.354 e. The molecule has 1 fully saturated rings. The Morgan fingerprint density at radius 2 is 2.46 bits per heavy atom. The summed E-state index contributed by atoms with van der Waals surface area (Å²) in [7, 11) is 0. The summed E-state index contributed by atoms with van der Waals surface area (Å²) in [4.78, 5) is 11.5. The first-order valence-corrected chi connectivity index (χ1v) is 5.94. The van der Waals surface area contributed by atoms with E-state index < -0.39 is 0 Å². The van der Waals surface area contributed by atoms with Gasteiger partial charge >= 0.3 is 0 Å². The number of carbonyl (C=O) groups is 1. The molecule has 76 valence electrons. The van der Waals surface area contributed by atoms with Crippen LogP contribution in [0.5, 0.6) is 0 Å². The van der Waals surface area contributed by atoms with Crippen molar-refractivity contribution in [1.82, 2.24) is 10.6 Å². The maximum Gasteiger partial charge on any atom is 0.238 e. The van der Waals surface area contributed by atoms with Crippen molar-refractivity contribution >= 4 is 17.7 Å². The van der Waals surface area contributed by atoms with Crippen LogP contribution in [0, 0.1) is 5.92 Å². The van der Waals surface area contributed by atoms with Crippen LogP contribution in [0.25, 0.3) is 0 Å². The fourth-order valence-electron chi connectivity index (χ4n) is 1.16. The Morgan fingerprint density at radius 3 is 3.00 bits per heavy atom. The van der Waals surface area contributed by atoms with Gasteiger partial charge in [0.2, 0.25) is 5.91 Å². The van der Waals surface area contributed by atoms with Crippen molar-refractivity contribution in [3.8, 4) is 0 Å². The van der Waals surface area contributed by atoms with E-state index in [1.165, 1.54) is 0 Å². The van der Waals surface area contributed by atoms with E-state index in [2.05, 4.69) is 24.5 Å². The number of amides is 1.